The normalized spacial score (nSPS) is 16.1. The molecule has 0 fully saturated rings. The molecule has 0 saturated heterocycles. The third kappa shape index (κ3) is 3.95. The van der Waals surface area contributed by atoms with Crippen LogP contribution in [0.3, 0.4) is 0 Å². The fourth-order valence-electron chi connectivity index (χ4n) is 3.77. The molecule has 0 spiro atoms. The van der Waals surface area contributed by atoms with Crippen LogP contribution in [0.2, 0.25) is 0 Å². The topological polar surface area (TPSA) is 80.1 Å². The molecule has 1 aliphatic heterocycles. The minimum Gasteiger partial charge on any atom is -0.319 e. The molecular formula is C22H20F3N5O2. The van der Waals surface area contributed by atoms with Gasteiger partial charge in [0.05, 0.1) is 23.5 Å². The van der Waals surface area contributed by atoms with Gasteiger partial charge in [-0.15, -0.1) is 0 Å². The number of pyridine rings is 1. The van der Waals surface area contributed by atoms with Gasteiger partial charge in [-0.25, -0.2) is 0 Å². The number of aryl methyl sites for hydroxylation is 2. The third-order valence-electron chi connectivity index (χ3n) is 5.21. The highest BCUT2D eigenvalue weighted by Gasteiger charge is 2.35. The lowest BCUT2D eigenvalue weighted by atomic mass is 10.1. The summed E-state index contributed by atoms with van der Waals surface area (Å²) in [5, 5.41) is 6.96. The molecule has 1 aromatic carbocycles. The molecule has 0 bridgehead atoms. The summed E-state index contributed by atoms with van der Waals surface area (Å²) >= 11 is 0. The van der Waals surface area contributed by atoms with Gasteiger partial charge < -0.3 is 10.2 Å². The molecule has 3 heterocycles. The van der Waals surface area contributed by atoms with Crippen LogP contribution in [0.4, 0.5) is 24.5 Å². The van der Waals surface area contributed by atoms with Gasteiger partial charge in [-0.3, -0.25) is 19.3 Å². The highest BCUT2D eigenvalue weighted by Crippen LogP contribution is 2.33. The quantitative estimate of drug-likeness (QED) is 0.651. The Morgan fingerprint density at radius 3 is 2.34 bits per heavy atom. The lowest BCUT2D eigenvalue weighted by Gasteiger charge is -2.32. The van der Waals surface area contributed by atoms with Crippen molar-refractivity contribution in [3.05, 3.63) is 70.8 Å². The number of anilines is 2. The molecular weight excluding hydrogens is 423 g/mol. The molecule has 2 amide bonds. The van der Waals surface area contributed by atoms with E-state index in [2.05, 4.69) is 15.4 Å². The van der Waals surface area contributed by atoms with Crippen LogP contribution in [0.25, 0.3) is 0 Å². The first-order valence-electron chi connectivity index (χ1n) is 9.88. The molecule has 1 N–H and O–H groups in total. The van der Waals surface area contributed by atoms with Gasteiger partial charge in [0.2, 0.25) is 0 Å². The van der Waals surface area contributed by atoms with Crippen LogP contribution in [-0.2, 0) is 6.18 Å². The van der Waals surface area contributed by atoms with Gasteiger partial charge in [0.1, 0.15) is 0 Å². The second-order valence-corrected chi connectivity index (χ2v) is 7.75. The number of amides is 2. The van der Waals surface area contributed by atoms with Crippen LogP contribution in [0.5, 0.6) is 0 Å². The molecule has 0 aliphatic carbocycles. The fraction of sp³-hybridized carbons (Fsp3) is 0.273. The Balaban J connectivity index is 1.64. The van der Waals surface area contributed by atoms with Crippen molar-refractivity contribution >= 4 is 23.2 Å². The standard InChI is InChI=1S/C22H20F3N5O2/c1-12-8-15(9-13(2)27-12)20(31)28-18-10-26-30-14(3)11-29(21(32)19(18)30)17-6-4-16(5-7-17)22(23,24)25/h4-10,14H,11H2,1-3H3,(H,28,31)/t14-/m0/s1. The number of alkyl halides is 3. The van der Waals surface area contributed by atoms with E-state index in [1.807, 2.05) is 6.92 Å². The van der Waals surface area contributed by atoms with Crippen molar-refractivity contribution in [1.29, 1.82) is 0 Å². The highest BCUT2D eigenvalue weighted by atomic mass is 19.4. The van der Waals surface area contributed by atoms with Gasteiger partial charge >= 0.3 is 6.18 Å². The SMILES string of the molecule is Cc1cc(C(=O)Nc2cnn3c2C(=O)N(c2ccc(C(F)(F)F)cc2)C[C@@H]3C)cc(C)n1. The Labute approximate surface area is 181 Å². The summed E-state index contributed by atoms with van der Waals surface area (Å²) in [7, 11) is 0. The third-order valence-corrected chi connectivity index (χ3v) is 5.21. The average Bonchev–Trinajstić information content (AvgIpc) is 3.14. The molecule has 7 nitrogen and oxygen atoms in total. The number of nitrogens with zero attached hydrogens (tertiary/aromatic N) is 4. The number of aromatic nitrogens is 3. The predicted octanol–water partition coefficient (Wildman–Crippen LogP) is 4.39. The van der Waals surface area contributed by atoms with Crippen molar-refractivity contribution in [1.82, 2.24) is 14.8 Å². The van der Waals surface area contributed by atoms with E-state index in [4.69, 9.17) is 0 Å². The average molecular weight is 443 g/mol. The van der Waals surface area contributed by atoms with E-state index >= 15 is 0 Å². The molecule has 166 valence electrons. The zero-order chi connectivity index (χ0) is 23.2. The zero-order valence-corrected chi connectivity index (χ0v) is 17.6. The van der Waals surface area contributed by atoms with Crippen molar-refractivity contribution in [2.75, 3.05) is 16.8 Å². The Hall–Kier alpha value is -3.69. The first kappa shape index (κ1) is 21.5. The van der Waals surface area contributed by atoms with Crippen molar-refractivity contribution in [3.8, 4) is 0 Å². The highest BCUT2D eigenvalue weighted by molar-refractivity contribution is 6.13. The number of hydrogen-bond acceptors (Lipinski definition) is 4. The lowest BCUT2D eigenvalue weighted by molar-refractivity contribution is -0.137. The molecule has 1 aliphatic rings. The number of carbonyl (C=O) groups excluding carboxylic acids is 2. The number of benzene rings is 1. The maximum atomic E-state index is 13.2. The number of halogens is 3. The molecule has 10 heteroatoms. The molecule has 0 radical (unpaired) electrons. The van der Waals surface area contributed by atoms with Gasteiger partial charge in [-0.05, 0) is 57.2 Å². The minimum absolute atomic E-state index is 0.166. The molecule has 1 atom stereocenters. The van der Waals surface area contributed by atoms with Gasteiger partial charge in [-0.1, -0.05) is 0 Å². The first-order valence-corrected chi connectivity index (χ1v) is 9.88. The summed E-state index contributed by atoms with van der Waals surface area (Å²) in [5.41, 5.74) is 1.70. The van der Waals surface area contributed by atoms with Gasteiger partial charge in [0.15, 0.2) is 5.69 Å². The minimum atomic E-state index is -4.46. The largest absolute Gasteiger partial charge is 0.416 e. The van der Waals surface area contributed by atoms with Crippen LogP contribution in [0.15, 0.2) is 42.6 Å². The first-order chi connectivity index (χ1) is 15.0. The maximum Gasteiger partial charge on any atom is 0.416 e. The molecule has 2 aromatic heterocycles. The zero-order valence-electron chi connectivity index (χ0n) is 17.6. The summed E-state index contributed by atoms with van der Waals surface area (Å²) in [6, 6.07) is 7.43. The van der Waals surface area contributed by atoms with E-state index in [0.29, 0.717) is 22.6 Å². The van der Waals surface area contributed by atoms with E-state index in [0.717, 1.165) is 12.1 Å². The Morgan fingerprint density at radius 2 is 1.75 bits per heavy atom. The maximum absolute atomic E-state index is 13.2. The number of carbonyl (C=O) groups is 2. The summed E-state index contributed by atoms with van der Waals surface area (Å²) in [6.07, 6.45) is -3.06. The van der Waals surface area contributed by atoms with Crippen LogP contribution < -0.4 is 10.2 Å². The molecule has 0 saturated carbocycles. The summed E-state index contributed by atoms with van der Waals surface area (Å²) < 4.78 is 40.2. The van der Waals surface area contributed by atoms with Gasteiger partial charge in [0.25, 0.3) is 11.8 Å². The lowest BCUT2D eigenvalue weighted by Crippen LogP contribution is -2.43. The van der Waals surface area contributed by atoms with Gasteiger partial charge in [-0.2, -0.15) is 18.3 Å². The van der Waals surface area contributed by atoms with E-state index in [-0.39, 0.29) is 24.0 Å². The van der Waals surface area contributed by atoms with Crippen molar-refractivity contribution in [3.63, 3.8) is 0 Å². The second-order valence-electron chi connectivity index (χ2n) is 7.75. The number of rotatable bonds is 3. The van der Waals surface area contributed by atoms with E-state index in [9.17, 15) is 22.8 Å². The Morgan fingerprint density at radius 1 is 1.12 bits per heavy atom. The number of fused-ring (bicyclic) bond motifs is 1. The van der Waals surface area contributed by atoms with E-state index in [1.54, 1.807) is 26.0 Å². The Kier molecular flexibility index (Phi) is 5.23. The van der Waals surface area contributed by atoms with E-state index in [1.165, 1.54) is 27.9 Å². The van der Waals surface area contributed by atoms with Crippen LogP contribution >= 0.6 is 0 Å². The second kappa shape index (κ2) is 7.77. The van der Waals surface area contributed by atoms with Crippen molar-refractivity contribution in [2.45, 2.75) is 33.0 Å². The van der Waals surface area contributed by atoms with Crippen LogP contribution in [-0.4, -0.2) is 33.1 Å². The Bertz CT molecular complexity index is 1180. The molecule has 4 rings (SSSR count). The summed E-state index contributed by atoms with van der Waals surface area (Å²) in [5.74, 6) is -0.876. The summed E-state index contributed by atoms with van der Waals surface area (Å²) in [4.78, 5) is 31.6. The summed E-state index contributed by atoms with van der Waals surface area (Å²) in [6.45, 7) is 5.62. The van der Waals surface area contributed by atoms with Gasteiger partial charge in [0, 0.05) is 29.2 Å². The predicted molar refractivity (Wildman–Crippen MR) is 112 cm³/mol. The van der Waals surface area contributed by atoms with Crippen LogP contribution in [0.1, 0.15) is 50.8 Å². The molecule has 0 unspecified atom stereocenters. The molecule has 32 heavy (non-hydrogen) atoms. The smallest absolute Gasteiger partial charge is 0.319 e. The molecule has 3 aromatic rings. The monoisotopic (exact) mass is 443 g/mol. The van der Waals surface area contributed by atoms with Crippen molar-refractivity contribution < 1.29 is 22.8 Å². The number of hydrogen-bond donors (Lipinski definition) is 1. The van der Waals surface area contributed by atoms with Crippen molar-refractivity contribution in [2.24, 2.45) is 0 Å². The fourth-order valence-corrected chi connectivity index (χ4v) is 3.77. The van der Waals surface area contributed by atoms with Crippen LogP contribution in [0, 0.1) is 13.8 Å². The van der Waals surface area contributed by atoms with E-state index < -0.39 is 23.6 Å². The number of nitrogens with one attached hydrogen (secondary N) is 1.